The molecule has 1 aromatic carbocycles. The van der Waals surface area contributed by atoms with Gasteiger partial charge >= 0.3 is 0 Å². The van der Waals surface area contributed by atoms with E-state index in [1.54, 1.807) is 22.9 Å². The number of nitrogens with zero attached hydrogens (tertiary/aromatic N) is 3. The number of hydrogen-bond donors (Lipinski definition) is 2. The number of anilines is 1. The number of pyridine rings is 1. The summed E-state index contributed by atoms with van der Waals surface area (Å²) in [6.45, 7) is 1.28. The molecule has 11 heteroatoms. The Hall–Kier alpha value is -3.31. The molecule has 1 atom stereocenters. The van der Waals surface area contributed by atoms with Gasteiger partial charge in [-0.05, 0) is 62.3 Å². The van der Waals surface area contributed by atoms with Crippen LogP contribution < -0.4 is 11.1 Å². The fraction of sp³-hybridized carbons (Fsp3) is 0.417. The summed E-state index contributed by atoms with van der Waals surface area (Å²) in [6, 6.07) is 7.43. The number of carbonyl (C=O) groups is 2. The van der Waals surface area contributed by atoms with Crippen molar-refractivity contribution >= 4 is 38.4 Å². The number of nitrogens with one attached hydrogen (secondary N) is 1. The fourth-order valence-corrected chi connectivity index (χ4v) is 6.39. The molecule has 2 fully saturated rings. The standard InChI is InChI=1S/C24H27N5O5S/c25-23(30)16-4-7-22(26-13-16)28-24(31)20(12-15-8-10-34-11-9-15)29-19-2-1-3-21(18(19)14-27-29)35(32,33)17-5-6-17/h1-4,7,13-15,17,20H,5-6,8-12H2,(H2,25,30)(H,26,28,31). The van der Waals surface area contributed by atoms with Gasteiger partial charge in [0, 0.05) is 24.8 Å². The van der Waals surface area contributed by atoms with Gasteiger partial charge in [0.15, 0.2) is 9.84 Å². The topological polar surface area (TPSA) is 146 Å². The average molecular weight is 498 g/mol. The Kier molecular flexibility index (Phi) is 6.28. The van der Waals surface area contributed by atoms with E-state index in [2.05, 4.69) is 15.4 Å². The third-order valence-corrected chi connectivity index (χ3v) is 8.98. The number of ether oxygens (including phenoxy) is 1. The number of hydrogen-bond acceptors (Lipinski definition) is 7. The van der Waals surface area contributed by atoms with Gasteiger partial charge in [0.1, 0.15) is 11.9 Å². The second-order valence-corrected chi connectivity index (χ2v) is 11.3. The van der Waals surface area contributed by atoms with E-state index in [9.17, 15) is 18.0 Å². The fourth-order valence-electron chi connectivity index (χ4n) is 4.54. The van der Waals surface area contributed by atoms with E-state index < -0.39 is 21.8 Å². The Morgan fingerprint density at radius 3 is 2.54 bits per heavy atom. The highest BCUT2D eigenvalue weighted by molar-refractivity contribution is 7.92. The van der Waals surface area contributed by atoms with E-state index in [1.807, 2.05) is 0 Å². The molecule has 1 saturated carbocycles. The van der Waals surface area contributed by atoms with Crippen LogP contribution in [0.4, 0.5) is 5.82 Å². The van der Waals surface area contributed by atoms with E-state index in [4.69, 9.17) is 10.5 Å². The maximum absolute atomic E-state index is 13.5. The van der Waals surface area contributed by atoms with Crippen LogP contribution in [-0.4, -0.2) is 53.5 Å². The number of sulfone groups is 1. The number of amides is 2. The summed E-state index contributed by atoms with van der Waals surface area (Å²) in [5.74, 6) is -0.392. The maximum atomic E-state index is 13.5. The van der Waals surface area contributed by atoms with Crippen molar-refractivity contribution in [3.63, 3.8) is 0 Å². The van der Waals surface area contributed by atoms with Crippen molar-refractivity contribution in [2.24, 2.45) is 11.7 Å². The van der Waals surface area contributed by atoms with Crippen LogP contribution in [0.5, 0.6) is 0 Å². The van der Waals surface area contributed by atoms with Crippen LogP contribution in [0.15, 0.2) is 47.6 Å². The van der Waals surface area contributed by atoms with Crippen molar-refractivity contribution < 1.29 is 22.7 Å². The molecule has 2 aliphatic rings. The second-order valence-electron chi connectivity index (χ2n) is 9.12. The molecule has 1 saturated heterocycles. The van der Waals surface area contributed by atoms with Crippen molar-refractivity contribution in [1.82, 2.24) is 14.8 Å². The molecule has 1 unspecified atom stereocenters. The van der Waals surface area contributed by atoms with Gasteiger partial charge in [-0.15, -0.1) is 0 Å². The number of carbonyl (C=O) groups excluding carboxylic acids is 2. The first-order chi connectivity index (χ1) is 16.8. The molecule has 0 spiro atoms. The molecule has 184 valence electrons. The van der Waals surface area contributed by atoms with E-state index in [1.165, 1.54) is 24.5 Å². The van der Waals surface area contributed by atoms with E-state index in [0.717, 1.165) is 12.8 Å². The van der Waals surface area contributed by atoms with Crippen LogP contribution in [0.1, 0.15) is 48.5 Å². The molecule has 1 aliphatic carbocycles. The number of aromatic nitrogens is 3. The third kappa shape index (κ3) is 4.78. The van der Waals surface area contributed by atoms with Gasteiger partial charge in [-0.2, -0.15) is 5.10 Å². The van der Waals surface area contributed by atoms with Crippen LogP contribution in [0.2, 0.25) is 0 Å². The van der Waals surface area contributed by atoms with E-state index in [0.29, 0.717) is 43.4 Å². The summed E-state index contributed by atoms with van der Waals surface area (Å²) in [6.07, 6.45) is 6.36. The minimum absolute atomic E-state index is 0.240. The molecule has 3 heterocycles. The Bertz CT molecular complexity index is 1360. The quantitative estimate of drug-likeness (QED) is 0.486. The molecule has 3 aromatic rings. The smallest absolute Gasteiger partial charge is 0.250 e. The number of primary amides is 1. The first kappa shape index (κ1) is 23.4. The molecule has 2 amide bonds. The Balaban J connectivity index is 1.49. The predicted molar refractivity (Wildman–Crippen MR) is 129 cm³/mol. The highest BCUT2D eigenvalue weighted by Gasteiger charge is 2.38. The molecular weight excluding hydrogens is 470 g/mol. The summed E-state index contributed by atoms with van der Waals surface area (Å²) in [5, 5.41) is 7.49. The van der Waals surface area contributed by atoms with Gasteiger partial charge in [0.05, 0.1) is 27.4 Å². The molecule has 5 rings (SSSR count). The maximum Gasteiger partial charge on any atom is 0.250 e. The molecule has 3 N–H and O–H groups in total. The van der Waals surface area contributed by atoms with Gasteiger partial charge in [0.2, 0.25) is 11.8 Å². The van der Waals surface area contributed by atoms with Crippen molar-refractivity contribution in [3.8, 4) is 0 Å². The zero-order valence-corrected chi connectivity index (χ0v) is 19.9. The van der Waals surface area contributed by atoms with E-state index >= 15 is 0 Å². The molecular formula is C24H27N5O5S. The minimum atomic E-state index is -3.43. The summed E-state index contributed by atoms with van der Waals surface area (Å²) >= 11 is 0. The van der Waals surface area contributed by atoms with Gasteiger partial charge in [-0.1, -0.05) is 6.07 Å². The lowest BCUT2D eigenvalue weighted by atomic mass is 9.92. The summed E-state index contributed by atoms with van der Waals surface area (Å²) in [4.78, 5) is 29.2. The minimum Gasteiger partial charge on any atom is -0.381 e. The van der Waals surface area contributed by atoms with Crippen LogP contribution in [0.25, 0.3) is 10.9 Å². The lowest BCUT2D eigenvalue weighted by Crippen LogP contribution is -2.30. The number of rotatable bonds is 8. The Labute approximate surface area is 202 Å². The van der Waals surface area contributed by atoms with Crippen molar-refractivity contribution in [3.05, 3.63) is 48.3 Å². The van der Waals surface area contributed by atoms with E-state index in [-0.39, 0.29) is 33.4 Å². The molecule has 2 aromatic heterocycles. The van der Waals surface area contributed by atoms with Crippen LogP contribution in [0, 0.1) is 5.92 Å². The second kappa shape index (κ2) is 9.38. The molecule has 0 bridgehead atoms. The van der Waals surface area contributed by atoms with Crippen LogP contribution in [0.3, 0.4) is 0 Å². The zero-order chi connectivity index (χ0) is 24.6. The number of fused-ring (bicyclic) bond motifs is 1. The van der Waals surface area contributed by atoms with Gasteiger partial charge in [0.25, 0.3) is 0 Å². The van der Waals surface area contributed by atoms with Crippen molar-refractivity contribution in [2.45, 2.75) is 48.3 Å². The first-order valence-corrected chi connectivity index (χ1v) is 13.2. The SMILES string of the molecule is NC(=O)c1ccc(NC(=O)C(CC2CCOCC2)n2ncc3c(S(=O)(=O)C4CC4)cccc32)nc1. The third-order valence-electron chi connectivity index (χ3n) is 6.67. The van der Waals surface area contributed by atoms with Crippen molar-refractivity contribution in [1.29, 1.82) is 0 Å². The van der Waals surface area contributed by atoms with Crippen molar-refractivity contribution in [2.75, 3.05) is 18.5 Å². The van der Waals surface area contributed by atoms with Crippen LogP contribution >= 0.6 is 0 Å². The van der Waals surface area contributed by atoms with Gasteiger partial charge in [-0.3, -0.25) is 14.3 Å². The predicted octanol–water partition coefficient (Wildman–Crippen LogP) is 2.46. The molecule has 1 aliphatic heterocycles. The van der Waals surface area contributed by atoms with Gasteiger partial charge < -0.3 is 15.8 Å². The highest BCUT2D eigenvalue weighted by atomic mass is 32.2. The monoisotopic (exact) mass is 497 g/mol. The molecule has 10 nitrogen and oxygen atoms in total. The normalized spacial score (nSPS) is 17.8. The first-order valence-electron chi connectivity index (χ1n) is 11.7. The summed E-state index contributed by atoms with van der Waals surface area (Å²) in [5.41, 5.74) is 6.10. The highest BCUT2D eigenvalue weighted by Crippen LogP contribution is 2.37. The lowest BCUT2D eigenvalue weighted by molar-refractivity contribution is -0.120. The summed E-state index contributed by atoms with van der Waals surface area (Å²) in [7, 11) is -3.43. The molecule has 0 radical (unpaired) electrons. The number of nitrogens with two attached hydrogens (primary N) is 1. The molecule has 35 heavy (non-hydrogen) atoms. The largest absolute Gasteiger partial charge is 0.381 e. The summed E-state index contributed by atoms with van der Waals surface area (Å²) < 4.78 is 33.1. The van der Waals surface area contributed by atoms with Gasteiger partial charge in [-0.25, -0.2) is 13.4 Å². The Morgan fingerprint density at radius 1 is 1.11 bits per heavy atom. The zero-order valence-electron chi connectivity index (χ0n) is 19.1. The number of benzene rings is 1. The average Bonchev–Trinajstić information content (AvgIpc) is 3.64. The van der Waals surface area contributed by atoms with Crippen LogP contribution in [-0.2, 0) is 19.4 Å². The Morgan fingerprint density at radius 2 is 1.89 bits per heavy atom. The lowest BCUT2D eigenvalue weighted by Gasteiger charge is -2.26.